The summed E-state index contributed by atoms with van der Waals surface area (Å²) in [5.74, 6) is -1.07. The summed E-state index contributed by atoms with van der Waals surface area (Å²) in [6.45, 7) is 1.76. The Bertz CT molecular complexity index is 544. The first kappa shape index (κ1) is 14.0. The maximum Gasteiger partial charge on any atom is 0.328 e. The van der Waals surface area contributed by atoms with Crippen molar-refractivity contribution in [1.82, 2.24) is 10.6 Å². The molecule has 20 heavy (non-hydrogen) atoms. The van der Waals surface area contributed by atoms with Gasteiger partial charge in [0, 0.05) is 0 Å². The first-order valence-corrected chi connectivity index (χ1v) is 6.47. The Balaban J connectivity index is 2.16. The third kappa shape index (κ3) is 2.61. The van der Waals surface area contributed by atoms with E-state index in [-0.39, 0.29) is 6.42 Å². The average Bonchev–Trinajstić information content (AvgIpc) is 2.43. The van der Waals surface area contributed by atoms with Gasteiger partial charge in [-0.15, -0.1) is 0 Å². The molecule has 0 aromatic heterocycles. The van der Waals surface area contributed by atoms with E-state index in [4.69, 9.17) is 0 Å². The Morgan fingerprint density at radius 1 is 1.05 bits per heavy atom. The molecule has 104 valence electrons. The first-order chi connectivity index (χ1) is 9.58. The van der Waals surface area contributed by atoms with Crippen molar-refractivity contribution in [3.05, 3.63) is 42.0 Å². The molecule has 5 heteroatoms. The SMILES string of the molecule is CCC1(CC=Cc2ccccc2)C(=O)NC(=O)NC1=O. The summed E-state index contributed by atoms with van der Waals surface area (Å²) in [5.41, 5.74) is -0.217. The summed E-state index contributed by atoms with van der Waals surface area (Å²) in [5, 5.41) is 4.31. The molecule has 0 saturated carbocycles. The first-order valence-electron chi connectivity index (χ1n) is 6.47. The van der Waals surface area contributed by atoms with Crippen LogP contribution in [0.3, 0.4) is 0 Å². The van der Waals surface area contributed by atoms with E-state index in [1.807, 2.05) is 36.4 Å². The van der Waals surface area contributed by atoms with Gasteiger partial charge in [0.15, 0.2) is 0 Å². The molecule has 0 atom stereocenters. The van der Waals surface area contributed by atoms with Crippen molar-refractivity contribution in [2.75, 3.05) is 0 Å². The van der Waals surface area contributed by atoms with Gasteiger partial charge in [-0.25, -0.2) is 4.79 Å². The number of carbonyl (C=O) groups is 3. The maximum absolute atomic E-state index is 12.0. The molecule has 4 amide bonds. The number of allylic oxidation sites excluding steroid dienone is 1. The summed E-state index contributed by atoms with van der Waals surface area (Å²) in [4.78, 5) is 35.1. The molecule has 0 radical (unpaired) electrons. The van der Waals surface area contributed by atoms with Crippen molar-refractivity contribution < 1.29 is 14.4 Å². The monoisotopic (exact) mass is 272 g/mol. The standard InChI is InChI=1S/C15H16N2O3/c1-2-15(12(18)16-14(20)17-13(15)19)10-6-9-11-7-4-3-5-8-11/h3-9H,2,10H2,1H3,(H2,16,17,18,19,20). The number of amides is 4. The van der Waals surface area contributed by atoms with Crippen molar-refractivity contribution in [3.8, 4) is 0 Å². The highest BCUT2D eigenvalue weighted by Gasteiger charge is 2.47. The van der Waals surface area contributed by atoms with E-state index < -0.39 is 23.3 Å². The van der Waals surface area contributed by atoms with Crippen molar-refractivity contribution in [3.63, 3.8) is 0 Å². The third-order valence-electron chi connectivity index (χ3n) is 3.50. The number of imide groups is 2. The highest BCUT2D eigenvalue weighted by atomic mass is 16.2. The Kier molecular flexibility index (Phi) is 3.98. The topological polar surface area (TPSA) is 75.3 Å². The molecule has 1 saturated heterocycles. The van der Waals surface area contributed by atoms with Crippen molar-refractivity contribution in [2.24, 2.45) is 5.41 Å². The lowest BCUT2D eigenvalue weighted by molar-refractivity contribution is -0.144. The molecular weight excluding hydrogens is 256 g/mol. The van der Waals surface area contributed by atoms with Crippen LogP contribution in [0.15, 0.2) is 36.4 Å². The van der Waals surface area contributed by atoms with E-state index in [0.29, 0.717) is 6.42 Å². The number of benzene rings is 1. The molecule has 1 aromatic carbocycles. The fourth-order valence-electron chi connectivity index (χ4n) is 2.19. The van der Waals surface area contributed by atoms with Gasteiger partial charge < -0.3 is 0 Å². The van der Waals surface area contributed by atoms with Crippen LogP contribution >= 0.6 is 0 Å². The molecular formula is C15H16N2O3. The number of hydrogen-bond acceptors (Lipinski definition) is 3. The maximum atomic E-state index is 12.0. The number of urea groups is 1. The smallest absolute Gasteiger partial charge is 0.277 e. The van der Waals surface area contributed by atoms with Crippen LogP contribution < -0.4 is 10.6 Å². The summed E-state index contributed by atoms with van der Waals surface area (Å²) >= 11 is 0. The van der Waals surface area contributed by atoms with E-state index in [0.717, 1.165) is 5.56 Å². The lowest BCUT2D eigenvalue weighted by Gasteiger charge is -2.32. The quantitative estimate of drug-likeness (QED) is 0.821. The molecule has 0 aliphatic carbocycles. The third-order valence-corrected chi connectivity index (χ3v) is 3.50. The van der Waals surface area contributed by atoms with E-state index in [2.05, 4.69) is 10.6 Å². The Morgan fingerprint density at radius 2 is 1.65 bits per heavy atom. The zero-order valence-corrected chi connectivity index (χ0v) is 11.2. The van der Waals surface area contributed by atoms with Gasteiger partial charge in [-0.3, -0.25) is 20.2 Å². The minimum absolute atomic E-state index is 0.253. The van der Waals surface area contributed by atoms with Gasteiger partial charge in [0.25, 0.3) is 0 Å². The van der Waals surface area contributed by atoms with Gasteiger partial charge in [0.2, 0.25) is 11.8 Å². The Labute approximate surface area is 117 Å². The summed E-state index contributed by atoms with van der Waals surface area (Å²) in [6.07, 6.45) is 4.22. The summed E-state index contributed by atoms with van der Waals surface area (Å²) in [6, 6.07) is 8.84. The molecule has 5 nitrogen and oxygen atoms in total. The average molecular weight is 272 g/mol. The normalized spacial score (nSPS) is 17.9. The van der Waals surface area contributed by atoms with Crippen LogP contribution in [0.25, 0.3) is 6.08 Å². The van der Waals surface area contributed by atoms with E-state index in [9.17, 15) is 14.4 Å². The number of hydrogen-bond donors (Lipinski definition) is 2. The molecule has 1 heterocycles. The number of nitrogens with one attached hydrogen (secondary N) is 2. The van der Waals surface area contributed by atoms with E-state index >= 15 is 0 Å². The second-order valence-corrected chi connectivity index (χ2v) is 4.69. The van der Waals surface area contributed by atoms with Crippen molar-refractivity contribution in [1.29, 1.82) is 0 Å². The molecule has 1 fully saturated rings. The van der Waals surface area contributed by atoms with Crippen LogP contribution in [0.5, 0.6) is 0 Å². The molecule has 1 aromatic rings. The van der Waals surface area contributed by atoms with Crippen molar-refractivity contribution in [2.45, 2.75) is 19.8 Å². The largest absolute Gasteiger partial charge is 0.328 e. The van der Waals surface area contributed by atoms with Crippen LogP contribution in [0.4, 0.5) is 4.79 Å². The number of carbonyl (C=O) groups excluding carboxylic acids is 3. The zero-order chi connectivity index (χ0) is 14.6. The second kappa shape index (κ2) is 5.69. The Hall–Kier alpha value is -2.43. The fraction of sp³-hybridized carbons (Fsp3) is 0.267. The van der Waals surface area contributed by atoms with Gasteiger partial charge in [0.05, 0.1) is 0 Å². The predicted octanol–water partition coefficient (Wildman–Crippen LogP) is 1.85. The van der Waals surface area contributed by atoms with Crippen LogP contribution in [0, 0.1) is 5.41 Å². The molecule has 2 rings (SSSR count). The fourth-order valence-corrected chi connectivity index (χ4v) is 2.19. The highest BCUT2D eigenvalue weighted by Crippen LogP contribution is 2.30. The molecule has 0 spiro atoms. The molecule has 0 unspecified atom stereocenters. The van der Waals surface area contributed by atoms with Crippen LogP contribution in [0.2, 0.25) is 0 Å². The van der Waals surface area contributed by atoms with Crippen LogP contribution in [-0.2, 0) is 9.59 Å². The van der Waals surface area contributed by atoms with Gasteiger partial charge in [-0.1, -0.05) is 49.4 Å². The Morgan fingerprint density at radius 3 is 2.20 bits per heavy atom. The predicted molar refractivity (Wildman–Crippen MR) is 74.5 cm³/mol. The number of barbiturate groups is 1. The molecule has 1 aliphatic heterocycles. The lowest BCUT2D eigenvalue weighted by Crippen LogP contribution is -2.62. The van der Waals surface area contributed by atoms with Gasteiger partial charge in [-0.05, 0) is 18.4 Å². The lowest BCUT2D eigenvalue weighted by atomic mass is 9.78. The molecule has 1 aliphatic rings. The molecule has 2 N–H and O–H groups in total. The van der Waals surface area contributed by atoms with Crippen LogP contribution in [-0.4, -0.2) is 17.8 Å². The van der Waals surface area contributed by atoms with Gasteiger partial charge in [-0.2, -0.15) is 0 Å². The minimum Gasteiger partial charge on any atom is -0.277 e. The van der Waals surface area contributed by atoms with E-state index in [1.54, 1.807) is 13.0 Å². The van der Waals surface area contributed by atoms with Gasteiger partial charge in [0.1, 0.15) is 5.41 Å². The highest BCUT2D eigenvalue weighted by molar-refractivity contribution is 6.19. The molecule has 0 bridgehead atoms. The van der Waals surface area contributed by atoms with Crippen molar-refractivity contribution >= 4 is 23.9 Å². The second-order valence-electron chi connectivity index (χ2n) is 4.69. The number of rotatable bonds is 4. The zero-order valence-electron chi connectivity index (χ0n) is 11.2. The minimum atomic E-state index is -1.21. The van der Waals surface area contributed by atoms with Gasteiger partial charge >= 0.3 is 6.03 Å². The summed E-state index contributed by atoms with van der Waals surface area (Å²) < 4.78 is 0. The summed E-state index contributed by atoms with van der Waals surface area (Å²) in [7, 11) is 0. The van der Waals surface area contributed by atoms with E-state index in [1.165, 1.54) is 0 Å². The van der Waals surface area contributed by atoms with Crippen LogP contribution in [0.1, 0.15) is 25.3 Å².